The van der Waals surface area contributed by atoms with Gasteiger partial charge < -0.3 is 14.8 Å². The van der Waals surface area contributed by atoms with Crippen LogP contribution in [0.1, 0.15) is 30.3 Å². The van der Waals surface area contributed by atoms with Gasteiger partial charge in [0, 0.05) is 13.2 Å². The Kier molecular flexibility index (Phi) is 5.35. The van der Waals surface area contributed by atoms with Crippen molar-refractivity contribution in [3.8, 4) is 0 Å². The van der Waals surface area contributed by atoms with Gasteiger partial charge in [-0.25, -0.2) is 0 Å². The van der Waals surface area contributed by atoms with E-state index in [1.165, 1.54) is 12.1 Å². The summed E-state index contributed by atoms with van der Waals surface area (Å²) in [7, 11) is 0. The van der Waals surface area contributed by atoms with Gasteiger partial charge in [0.05, 0.1) is 0 Å². The minimum Gasteiger partial charge on any atom is -0.440 e. The molecule has 0 saturated carbocycles. The summed E-state index contributed by atoms with van der Waals surface area (Å²) in [5, 5.41) is 11.7. The number of aliphatic hydroxyl groups excluding tert-OH is 1. The first-order valence-corrected chi connectivity index (χ1v) is 5.65. The molecule has 2 N–H and O–H groups in total. The third-order valence-electron chi connectivity index (χ3n) is 2.27. The molecule has 5 heteroatoms. The molecule has 16 heavy (non-hydrogen) atoms. The minimum atomic E-state index is -0.261. The quantitative estimate of drug-likeness (QED) is 0.755. The van der Waals surface area contributed by atoms with Crippen LogP contribution in [-0.2, 0) is 0 Å². The Hall–Kier alpha value is -1.00. The molecule has 1 amide bonds. The lowest BCUT2D eigenvalue weighted by Gasteiger charge is -2.07. The van der Waals surface area contributed by atoms with Crippen LogP contribution in [0.3, 0.4) is 0 Å². The summed E-state index contributed by atoms with van der Waals surface area (Å²) < 4.78 is 4.96. The Balaban J connectivity index is 2.21. The largest absolute Gasteiger partial charge is 0.440 e. The maximum atomic E-state index is 11.5. The molecule has 0 saturated heterocycles. The fraction of sp³-hybridized carbons (Fsp3) is 0.545. The van der Waals surface area contributed by atoms with Crippen molar-refractivity contribution in [3.63, 3.8) is 0 Å². The van der Waals surface area contributed by atoms with E-state index in [9.17, 15) is 4.79 Å². The second kappa shape index (κ2) is 6.55. The van der Waals surface area contributed by atoms with Gasteiger partial charge in [-0.3, -0.25) is 4.79 Å². The van der Waals surface area contributed by atoms with E-state index in [2.05, 4.69) is 5.32 Å². The van der Waals surface area contributed by atoms with Gasteiger partial charge in [-0.1, -0.05) is 6.92 Å². The van der Waals surface area contributed by atoms with Gasteiger partial charge in [-0.2, -0.15) is 0 Å². The maximum Gasteiger partial charge on any atom is 0.287 e. The first kappa shape index (κ1) is 13.1. The highest BCUT2D eigenvalue weighted by molar-refractivity contribution is 6.29. The van der Waals surface area contributed by atoms with Gasteiger partial charge >= 0.3 is 0 Å². The van der Waals surface area contributed by atoms with Crippen molar-refractivity contribution in [2.24, 2.45) is 5.92 Å². The van der Waals surface area contributed by atoms with Crippen LogP contribution in [0.25, 0.3) is 0 Å². The van der Waals surface area contributed by atoms with Crippen molar-refractivity contribution in [2.75, 3.05) is 13.2 Å². The number of carbonyl (C=O) groups is 1. The van der Waals surface area contributed by atoms with Crippen LogP contribution in [-0.4, -0.2) is 24.2 Å². The van der Waals surface area contributed by atoms with E-state index in [0.717, 1.165) is 12.8 Å². The highest BCUT2D eigenvalue weighted by Gasteiger charge is 2.09. The van der Waals surface area contributed by atoms with Gasteiger partial charge in [0.15, 0.2) is 11.0 Å². The van der Waals surface area contributed by atoms with Crippen molar-refractivity contribution in [3.05, 3.63) is 23.1 Å². The van der Waals surface area contributed by atoms with E-state index in [4.69, 9.17) is 21.1 Å². The first-order valence-electron chi connectivity index (χ1n) is 5.28. The number of nitrogens with one attached hydrogen (secondary N) is 1. The zero-order chi connectivity index (χ0) is 12.0. The van der Waals surface area contributed by atoms with Crippen molar-refractivity contribution >= 4 is 17.5 Å². The number of furan rings is 1. The molecule has 1 atom stereocenters. The van der Waals surface area contributed by atoms with Crippen LogP contribution in [0.4, 0.5) is 0 Å². The first-order chi connectivity index (χ1) is 7.63. The molecule has 1 aromatic rings. The lowest BCUT2D eigenvalue weighted by molar-refractivity contribution is 0.0924. The number of halogens is 1. The van der Waals surface area contributed by atoms with Crippen LogP contribution < -0.4 is 5.32 Å². The summed E-state index contributed by atoms with van der Waals surface area (Å²) in [6.07, 6.45) is 1.72. The van der Waals surface area contributed by atoms with Crippen molar-refractivity contribution in [1.29, 1.82) is 0 Å². The van der Waals surface area contributed by atoms with E-state index >= 15 is 0 Å². The van der Waals surface area contributed by atoms with Crippen LogP contribution in [0.5, 0.6) is 0 Å². The Morgan fingerprint density at radius 2 is 2.38 bits per heavy atom. The minimum absolute atomic E-state index is 0.182. The smallest absolute Gasteiger partial charge is 0.287 e. The molecule has 0 aromatic carbocycles. The molecule has 0 aliphatic rings. The monoisotopic (exact) mass is 245 g/mol. The number of hydrogen-bond donors (Lipinski definition) is 2. The van der Waals surface area contributed by atoms with Crippen molar-refractivity contribution < 1.29 is 14.3 Å². The summed E-state index contributed by atoms with van der Waals surface area (Å²) in [6.45, 7) is 2.72. The topological polar surface area (TPSA) is 62.5 Å². The predicted octanol–water partition coefficient (Wildman–Crippen LogP) is 2.07. The molecule has 0 bridgehead atoms. The Morgan fingerprint density at radius 3 is 2.94 bits per heavy atom. The van der Waals surface area contributed by atoms with Gasteiger partial charge in [-0.15, -0.1) is 0 Å². The van der Waals surface area contributed by atoms with E-state index in [1.54, 1.807) is 0 Å². The van der Waals surface area contributed by atoms with Gasteiger partial charge in [0.25, 0.3) is 5.91 Å². The lowest BCUT2D eigenvalue weighted by atomic mass is 10.1. The molecule has 1 rings (SSSR count). The molecule has 1 aromatic heterocycles. The Morgan fingerprint density at radius 1 is 1.62 bits per heavy atom. The maximum absolute atomic E-state index is 11.5. The summed E-state index contributed by atoms with van der Waals surface area (Å²) in [6, 6.07) is 3.07. The zero-order valence-electron chi connectivity index (χ0n) is 9.20. The third-order valence-corrected chi connectivity index (χ3v) is 2.47. The molecular formula is C11H16ClNO3. The van der Waals surface area contributed by atoms with Gasteiger partial charge in [0.1, 0.15) is 0 Å². The molecule has 0 aliphatic carbocycles. The number of rotatable bonds is 6. The molecule has 0 fully saturated rings. The molecule has 0 spiro atoms. The lowest BCUT2D eigenvalue weighted by Crippen LogP contribution is -2.24. The van der Waals surface area contributed by atoms with Crippen LogP contribution in [0, 0.1) is 5.92 Å². The number of aliphatic hydroxyl groups is 1. The summed E-state index contributed by atoms with van der Waals surface area (Å²) in [5.41, 5.74) is 0. The molecular weight excluding hydrogens is 230 g/mol. The average molecular weight is 246 g/mol. The van der Waals surface area contributed by atoms with Crippen molar-refractivity contribution in [2.45, 2.75) is 19.8 Å². The molecule has 0 aliphatic heterocycles. The fourth-order valence-corrected chi connectivity index (χ4v) is 1.41. The summed E-state index contributed by atoms with van der Waals surface area (Å²) >= 11 is 5.55. The van der Waals surface area contributed by atoms with Crippen LogP contribution in [0.2, 0.25) is 5.22 Å². The van der Waals surface area contributed by atoms with Crippen molar-refractivity contribution in [1.82, 2.24) is 5.32 Å². The SMILES string of the molecule is CC(CO)CCCNC(=O)c1ccc(Cl)o1. The summed E-state index contributed by atoms with van der Waals surface area (Å²) in [4.78, 5) is 11.5. The van der Waals surface area contributed by atoms with Crippen LogP contribution in [0.15, 0.2) is 16.5 Å². The van der Waals surface area contributed by atoms with Gasteiger partial charge in [0.2, 0.25) is 0 Å². The highest BCUT2D eigenvalue weighted by Crippen LogP contribution is 2.12. The highest BCUT2D eigenvalue weighted by atomic mass is 35.5. The molecule has 0 radical (unpaired) electrons. The average Bonchev–Trinajstić information content (AvgIpc) is 2.70. The van der Waals surface area contributed by atoms with E-state index < -0.39 is 0 Å². The number of carbonyl (C=O) groups excluding carboxylic acids is 1. The Bertz CT molecular complexity index is 338. The van der Waals surface area contributed by atoms with E-state index in [-0.39, 0.29) is 29.4 Å². The standard InChI is InChI=1S/C11H16ClNO3/c1-8(7-14)3-2-6-13-11(15)9-4-5-10(12)16-9/h4-5,8,14H,2-3,6-7H2,1H3,(H,13,15). The Labute approximate surface area is 99.6 Å². The summed E-state index contributed by atoms with van der Waals surface area (Å²) in [5.74, 6) is 0.235. The second-order valence-electron chi connectivity index (χ2n) is 3.79. The predicted molar refractivity (Wildman–Crippen MR) is 61.5 cm³/mol. The van der Waals surface area contributed by atoms with E-state index in [0.29, 0.717) is 6.54 Å². The molecule has 90 valence electrons. The van der Waals surface area contributed by atoms with Crippen LogP contribution >= 0.6 is 11.6 Å². The second-order valence-corrected chi connectivity index (χ2v) is 4.16. The van der Waals surface area contributed by atoms with E-state index in [1.807, 2.05) is 6.92 Å². The number of hydrogen-bond acceptors (Lipinski definition) is 3. The third kappa shape index (κ3) is 4.24. The normalized spacial score (nSPS) is 12.4. The molecule has 1 unspecified atom stereocenters. The van der Waals surface area contributed by atoms with Gasteiger partial charge in [-0.05, 0) is 42.5 Å². The molecule has 4 nitrogen and oxygen atoms in total. The zero-order valence-corrected chi connectivity index (χ0v) is 9.96. The number of amides is 1. The molecule has 1 heterocycles. The fourth-order valence-electron chi connectivity index (χ4n) is 1.27.